The Bertz CT molecular complexity index is 630. The first kappa shape index (κ1) is 21.4. The van der Waals surface area contributed by atoms with Crippen molar-refractivity contribution in [2.75, 3.05) is 0 Å². The van der Waals surface area contributed by atoms with Gasteiger partial charge in [-0.1, -0.05) is 90.0 Å². The monoisotopic (exact) mass is 383 g/mol. The molecule has 1 nitrogen and oxygen atoms in total. The first-order valence-corrected chi connectivity index (χ1v) is 11.9. The first-order valence-electron chi connectivity index (χ1n) is 11.9. The third-order valence-corrected chi connectivity index (χ3v) is 7.61. The van der Waals surface area contributed by atoms with Crippen LogP contribution >= 0.6 is 0 Å². The molecule has 0 bridgehead atoms. The molecule has 0 unspecified atom stereocenters. The molecule has 154 valence electrons. The van der Waals surface area contributed by atoms with Crippen LogP contribution in [0.1, 0.15) is 102 Å². The van der Waals surface area contributed by atoms with Gasteiger partial charge in [0, 0.05) is 0 Å². The lowest BCUT2D eigenvalue weighted by atomic mass is 9.74. The van der Waals surface area contributed by atoms with Gasteiger partial charge in [0.1, 0.15) is 11.9 Å². The van der Waals surface area contributed by atoms with Crippen molar-refractivity contribution >= 4 is 0 Å². The average Bonchev–Trinajstić information content (AvgIpc) is 2.73. The van der Waals surface area contributed by atoms with Crippen LogP contribution in [0.15, 0.2) is 18.2 Å². The van der Waals surface area contributed by atoms with Crippen molar-refractivity contribution in [3.8, 4) is 6.07 Å². The molecule has 2 heteroatoms. The second-order valence-corrected chi connectivity index (χ2v) is 9.60. The first-order chi connectivity index (χ1) is 13.7. The second-order valence-electron chi connectivity index (χ2n) is 9.60. The fourth-order valence-electron chi connectivity index (χ4n) is 5.67. The molecular formula is C26H38FN. The van der Waals surface area contributed by atoms with Gasteiger partial charge in [-0.3, -0.25) is 0 Å². The van der Waals surface area contributed by atoms with Gasteiger partial charge in [0.15, 0.2) is 0 Å². The van der Waals surface area contributed by atoms with Crippen LogP contribution in [0.3, 0.4) is 0 Å². The molecule has 2 saturated carbocycles. The maximum absolute atomic E-state index is 13.7. The van der Waals surface area contributed by atoms with E-state index in [4.69, 9.17) is 5.26 Å². The third-order valence-electron chi connectivity index (χ3n) is 7.61. The molecule has 0 aliphatic heterocycles. The lowest BCUT2D eigenvalue weighted by Gasteiger charge is -2.32. The Morgan fingerprint density at radius 1 is 0.821 bits per heavy atom. The Morgan fingerprint density at radius 3 is 1.79 bits per heavy atom. The number of hydrogen-bond acceptors (Lipinski definition) is 1. The summed E-state index contributed by atoms with van der Waals surface area (Å²) in [6, 6.07) is 7.00. The Balaban J connectivity index is 1.31. The minimum atomic E-state index is -0.368. The lowest BCUT2D eigenvalue weighted by Crippen LogP contribution is -2.18. The summed E-state index contributed by atoms with van der Waals surface area (Å²) in [5.74, 6) is 3.43. The van der Waals surface area contributed by atoms with Gasteiger partial charge in [-0.05, 0) is 54.2 Å². The molecule has 0 N–H and O–H groups in total. The smallest absolute Gasteiger partial charge is 0.141 e. The van der Waals surface area contributed by atoms with Crippen LogP contribution in [0.5, 0.6) is 0 Å². The summed E-state index contributed by atoms with van der Waals surface area (Å²) in [5.41, 5.74) is 1.19. The molecular weight excluding hydrogens is 345 g/mol. The molecule has 0 amide bonds. The summed E-state index contributed by atoms with van der Waals surface area (Å²) in [7, 11) is 0. The predicted molar refractivity (Wildman–Crippen MR) is 114 cm³/mol. The molecule has 3 rings (SSSR count). The highest BCUT2D eigenvalue weighted by Gasteiger charge is 2.24. The van der Waals surface area contributed by atoms with Crippen molar-refractivity contribution < 1.29 is 4.39 Å². The summed E-state index contributed by atoms with van der Waals surface area (Å²) in [5, 5.41) is 8.84. The Hall–Kier alpha value is -1.36. The molecule has 0 spiro atoms. The highest BCUT2D eigenvalue weighted by molar-refractivity contribution is 5.33. The topological polar surface area (TPSA) is 23.8 Å². The quantitative estimate of drug-likeness (QED) is 0.449. The van der Waals surface area contributed by atoms with E-state index in [1.165, 1.54) is 83.5 Å². The van der Waals surface area contributed by atoms with Gasteiger partial charge in [0.05, 0.1) is 5.56 Å². The van der Waals surface area contributed by atoms with Gasteiger partial charge in [-0.2, -0.15) is 5.26 Å². The van der Waals surface area contributed by atoms with Gasteiger partial charge >= 0.3 is 0 Å². The summed E-state index contributed by atoms with van der Waals surface area (Å²) >= 11 is 0. The minimum absolute atomic E-state index is 0.156. The number of nitrogens with zero attached hydrogens (tertiary/aromatic N) is 1. The number of hydrogen-bond donors (Lipinski definition) is 0. The summed E-state index contributed by atoms with van der Waals surface area (Å²) in [4.78, 5) is 0. The van der Waals surface area contributed by atoms with Crippen LogP contribution in [0.2, 0.25) is 0 Å². The van der Waals surface area contributed by atoms with Crippen molar-refractivity contribution in [1.82, 2.24) is 0 Å². The van der Waals surface area contributed by atoms with E-state index in [0.717, 1.165) is 35.7 Å². The van der Waals surface area contributed by atoms with Crippen molar-refractivity contribution in [3.05, 3.63) is 35.1 Å². The maximum atomic E-state index is 13.7. The van der Waals surface area contributed by atoms with E-state index in [9.17, 15) is 4.39 Å². The van der Waals surface area contributed by atoms with Crippen LogP contribution in [0.25, 0.3) is 0 Å². The second kappa shape index (κ2) is 11.0. The largest absolute Gasteiger partial charge is 0.206 e. The molecule has 1 aromatic carbocycles. The van der Waals surface area contributed by atoms with E-state index in [1.807, 2.05) is 12.1 Å². The van der Waals surface area contributed by atoms with Gasteiger partial charge < -0.3 is 0 Å². The molecule has 2 aliphatic carbocycles. The molecule has 0 atom stereocenters. The van der Waals surface area contributed by atoms with Crippen molar-refractivity contribution in [3.63, 3.8) is 0 Å². The van der Waals surface area contributed by atoms with Crippen molar-refractivity contribution in [2.45, 2.75) is 96.8 Å². The number of nitriles is 1. The van der Waals surface area contributed by atoms with Crippen LogP contribution < -0.4 is 0 Å². The van der Waals surface area contributed by atoms with Crippen molar-refractivity contribution in [1.29, 1.82) is 5.26 Å². The van der Waals surface area contributed by atoms with E-state index in [-0.39, 0.29) is 11.4 Å². The van der Waals surface area contributed by atoms with E-state index in [2.05, 4.69) is 6.92 Å². The van der Waals surface area contributed by atoms with Crippen LogP contribution in [0, 0.1) is 40.8 Å². The Kier molecular flexibility index (Phi) is 8.38. The van der Waals surface area contributed by atoms with E-state index < -0.39 is 0 Å². The molecule has 2 aliphatic rings. The molecule has 0 heterocycles. The fourth-order valence-corrected chi connectivity index (χ4v) is 5.67. The van der Waals surface area contributed by atoms with Gasteiger partial charge in [-0.25, -0.2) is 4.39 Å². The summed E-state index contributed by atoms with van der Waals surface area (Å²) in [6.45, 7) is 2.32. The summed E-state index contributed by atoms with van der Waals surface area (Å²) in [6.07, 6.45) is 19.3. The normalized spacial score (nSPS) is 28.0. The zero-order chi connectivity index (χ0) is 19.8. The standard InChI is InChI=1S/C26H38FN/c1-2-3-20-4-6-21(7-5-20)8-9-22-10-12-23(13-11-22)14-15-24-16-17-25(19-28)26(27)18-24/h16-18,20-23H,2-15H2,1H3. The van der Waals surface area contributed by atoms with Crippen LogP contribution in [0.4, 0.5) is 4.39 Å². The number of benzene rings is 1. The molecule has 2 fully saturated rings. The van der Waals surface area contributed by atoms with Crippen LogP contribution in [-0.4, -0.2) is 0 Å². The fraction of sp³-hybridized carbons (Fsp3) is 0.731. The van der Waals surface area contributed by atoms with Gasteiger partial charge in [0.25, 0.3) is 0 Å². The molecule has 0 radical (unpaired) electrons. The van der Waals surface area contributed by atoms with E-state index in [0.29, 0.717) is 0 Å². The summed E-state index contributed by atoms with van der Waals surface area (Å²) < 4.78 is 13.7. The predicted octanol–water partition coefficient (Wildman–Crippen LogP) is 7.82. The zero-order valence-electron chi connectivity index (χ0n) is 17.8. The van der Waals surface area contributed by atoms with Gasteiger partial charge in [0.2, 0.25) is 0 Å². The molecule has 1 aromatic rings. The highest BCUT2D eigenvalue weighted by atomic mass is 19.1. The van der Waals surface area contributed by atoms with Crippen LogP contribution in [-0.2, 0) is 6.42 Å². The number of aryl methyl sites for hydroxylation is 1. The van der Waals surface area contributed by atoms with Gasteiger partial charge in [-0.15, -0.1) is 0 Å². The highest BCUT2D eigenvalue weighted by Crippen LogP contribution is 2.38. The number of rotatable bonds is 8. The van der Waals surface area contributed by atoms with E-state index in [1.54, 1.807) is 12.1 Å². The zero-order valence-corrected chi connectivity index (χ0v) is 17.8. The van der Waals surface area contributed by atoms with E-state index >= 15 is 0 Å². The number of halogens is 1. The maximum Gasteiger partial charge on any atom is 0.141 e. The Morgan fingerprint density at radius 2 is 1.32 bits per heavy atom. The molecule has 0 aromatic heterocycles. The molecule has 0 saturated heterocycles. The van der Waals surface area contributed by atoms with Crippen molar-refractivity contribution in [2.24, 2.45) is 23.7 Å². The third kappa shape index (κ3) is 6.33. The SMILES string of the molecule is CCCC1CCC(CCC2CCC(CCc3ccc(C#N)c(F)c3)CC2)CC1. The Labute approximate surface area is 171 Å². The minimum Gasteiger partial charge on any atom is -0.206 e. The molecule has 28 heavy (non-hydrogen) atoms. The lowest BCUT2D eigenvalue weighted by molar-refractivity contribution is 0.209. The average molecular weight is 384 g/mol.